The van der Waals surface area contributed by atoms with E-state index in [1.165, 1.54) is 6.07 Å². The van der Waals surface area contributed by atoms with Crippen molar-refractivity contribution in [2.24, 2.45) is 11.8 Å². The van der Waals surface area contributed by atoms with Crippen LogP contribution >= 0.6 is 0 Å². The maximum Gasteiger partial charge on any atom is 0.123 e. The predicted octanol–water partition coefficient (Wildman–Crippen LogP) is 7.95. The molecule has 2 rings (SSSR count). The average molecular weight is 428 g/mol. The van der Waals surface area contributed by atoms with Crippen LogP contribution in [-0.2, 0) is 0 Å². The predicted molar refractivity (Wildman–Crippen MR) is 129 cm³/mol. The van der Waals surface area contributed by atoms with Crippen molar-refractivity contribution in [3.63, 3.8) is 0 Å². The summed E-state index contributed by atoms with van der Waals surface area (Å²) >= 11 is 0. The zero-order chi connectivity index (χ0) is 23.3. The van der Waals surface area contributed by atoms with E-state index in [4.69, 9.17) is 0 Å². The Morgan fingerprint density at radius 1 is 1.26 bits per heavy atom. The Balaban J connectivity index is 1.87. The summed E-state index contributed by atoms with van der Waals surface area (Å²) in [6.45, 7) is 20.0. The summed E-state index contributed by atoms with van der Waals surface area (Å²) < 4.78 is 28.2. The standard InChI is InChI=1S/C28H39F2N/c1-9-23(14-15-28(8,30)18(2)3)12-10-19(4)21(6)31-22(7)26-17-27(26)25-16-24(29)13-11-20(25)5/h9-13,16,18,21,26-27,31H,4,7,14-15,17H2,1-3,5-6,8H3/b12-10-,23-9+. The minimum atomic E-state index is -1.16. The molecular weight excluding hydrogens is 388 g/mol. The first kappa shape index (κ1) is 25.1. The monoisotopic (exact) mass is 427 g/mol. The smallest absolute Gasteiger partial charge is 0.123 e. The first-order chi connectivity index (χ1) is 14.5. The molecule has 170 valence electrons. The van der Waals surface area contributed by atoms with Crippen LogP contribution < -0.4 is 5.32 Å². The summed E-state index contributed by atoms with van der Waals surface area (Å²) in [4.78, 5) is 0. The van der Waals surface area contributed by atoms with E-state index in [2.05, 4.69) is 25.4 Å². The van der Waals surface area contributed by atoms with Crippen molar-refractivity contribution in [1.82, 2.24) is 5.32 Å². The van der Waals surface area contributed by atoms with Crippen LogP contribution in [0.1, 0.15) is 70.9 Å². The van der Waals surface area contributed by atoms with Gasteiger partial charge in [-0.15, -0.1) is 0 Å². The van der Waals surface area contributed by atoms with Gasteiger partial charge in [0.2, 0.25) is 0 Å². The van der Waals surface area contributed by atoms with Crippen molar-refractivity contribution in [1.29, 1.82) is 0 Å². The Morgan fingerprint density at radius 3 is 2.55 bits per heavy atom. The van der Waals surface area contributed by atoms with Gasteiger partial charge >= 0.3 is 0 Å². The fraction of sp³-hybridized carbons (Fsp3) is 0.500. The fourth-order valence-electron chi connectivity index (χ4n) is 3.77. The Bertz CT molecular complexity index is 860. The molecule has 1 aromatic rings. The van der Waals surface area contributed by atoms with Crippen LogP contribution in [0.5, 0.6) is 0 Å². The first-order valence-corrected chi connectivity index (χ1v) is 11.4. The molecule has 1 N–H and O–H groups in total. The molecule has 3 heteroatoms. The Kier molecular flexibility index (Phi) is 8.45. The molecule has 1 nitrogen and oxygen atoms in total. The van der Waals surface area contributed by atoms with Crippen LogP contribution in [0.3, 0.4) is 0 Å². The van der Waals surface area contributed by atoms with Crippen molar-refractivity contribution >= 4 is 0 Å². The lowest BCUT2D eigenvalue weighted by atomic mass is 9.88. The van der Waals surface area contributed by atoms with E-state index in [-0.39, 0.29) is 17.8 Å². The second-order valence-corrected chi connectivity index (χ2v) is 9.55. The van der Waals surface area contributed by atoms with Gasteiger partial charge in [-0.05, 0) is 87.6 Å². The van der Waals surface area contributed by atoms with Crippen molar-refractivity contribution in [2.45, 2.75) is 78.4 Å². The highest BCUT2D eigenvalue weighted by Gasteiger charge is 2.41. The minimum Gasteiger partial charge on any atom is -0.382 e. The molecule has 1 aromatic carbocycles. The number of allylic oxidation sites excluding steroid dienone is 4. The maximum atomic E-state index is 14.6. The van der Waals surface area contributed by atoms with E-state index in [1.807, 2.05) is 52.0 Å². The van der Waals surface area contributed by atoms with Crippen LogP contribution in [0.2, 0.25) is 0 Å². The van der Waals surface area contributed by atoms with E-state index in [0.29, 0.717) is 24.7 Å². The van der Waals surface area contributed by atoms with Crippen molar-refractivity contribution < 1.29 is 8.78 Å². The Morgan fingerprint density at radius 2 is 1.94 bits per heavy atom. The molecule has 31 heavy (non-hydrogen) atoms. The SMILES string of the molecule is C=C(/C=C\C(=C/C)CCC(C)(F)C(C)C)C(C)NC(=C)C1CC1c1cc(F)ccc1C. The molecule has 0 spiro atoms. The lowest BCUT2D eigenvalue weighted by Gasteiger charge is -2.24. The summed E-state index contributed by atoms with van der Waals surface area (Å²) in [5.41, 5.74) is 4.09. The molecule has 4 atom stereocenters. The molecule has 1 aliphatic rings. The third-order valence-corrected chi connectivity index (χ3v) is 6.83. The van der Waals surface area contributed by atoms with Gasteiger partial charge in [0.25, 0.3) is 0 Å². The maximum absolute atomic E-state index is 14.6. The average Bonchev–Trinajstić information content (AvgIpc) is 3.50. The molecule has 0 aromatic heterocycles. The van der Waals surface area contributed by atoms with Gasteiger partial charge in [0.1, 0.15) is 11.5 Å². The molecule has 0 heterocycles. The molecule has 1 saturated carbocycles. The van der Waals surface area contributed by atoms with Crippen molar-refractivity contribution in [3.8, 4) is 0 Å². The van der Waals surface area contributed by atoms with Gasteiger partial charge in [-0.1, -0.05) is 56.9 Å². The number of halogens is 2. The normalized spacial score (nSPS) is 21.8. The topological polar surface area (TPSA) is 12.0 Å². The zero-order valence-corrected chi connectivity index (χ0v) is 20.1. The van der Waals surface area contributed by atoms with Crippen LogP contribution in [0, 0.1) is 24.6 Å². The summed E-state index contributed by atoms with van der Waals surface area (Å²) in [7, 11) is 0. The quantitative estimate of drug-likeness (QED) is 0.353. The Labute approximate surface area is 188 Å². The largest absolute Gasteiger partial charge is 0.382 e. The van der Waals surface area contributed by atoms with E-state index in [9.17, 15) is 8.78 Å². The van der Waals surface area contributed by atoms with E-state index < -0.39 is 5.67 Å². The third kappa shape index (κ3) is 6.92. The molecule has 0 radical (unpaired) electrons. The molecule has 0 aliphatic heterocycles. The number of aryl methyl sites for hydroxylation is 1. The lowest BCUT2D eigenvalue weighted by Crippen LogP contribution is -2.27. The molecule has 1 aliphatic carbocycles. The van der Waals surface area contributed by atoms with E-state index in [0.717, 1.165) is 34.4 Å². The van der Waals surface area contributed by atoms with Crippen molar-refractivity contribution in [2.75, 3.05) is 0 Å². The van der Waals surface area contributed by atoms with Gasteiger partial charge in [-0.3, -0.25) is 0 Å². The first-order valence-electron chi connectivity index (χ1n) is 11.4. The number of benzene rings is 1. The van der Waals surface area contributed by atoms with Crippen molar-refractivity contribution in [3.05, 3.63) is 83.4 Å². The van der Waals surface area contributed by atoms with Gasteiger partial charge in [0.05, 0.1) is 0 Å². The number of hydrogen-bond donors (Lipinski definition) is 1. The van der Waals surface area contributed by atoms with Crippen LogP contribution in [0.25, 0.3) is 0 Å². The molecule has 1 fully saturated rings. The fourth-order valence-corrected chi connectivity index (χ4v) is 3.77. The Hall–Kier alpha value is -2.16. The number of alkyl halides is 1. The van der Waals surface area contributed by atoms with Gasteiger partial charge < -0.3 is 5.32 Å². The second kappa shape index (κ2) is 10.4. The summed E-state index contributed by atoms with van der Waals surface area (Å²) in [5.74, 6) is 0.474. The summed E-state index contributed by atoms with van der Waals surface area (Å²) in [6, 6.07) is 5.05. The van der Waals surface area contributed by atoms with Crippen LogP contribution in [-0.4, -0.2) is 11.7 Å². The van der Waals surface area contributed by atoms with Gasteiger partial charge in [-0.25, -0.2) is 8.78 Å². The highest BCUT2D eigenvalue weighted by atomic mass is 19.1. The lowest BCUT2D eigenvalue weighted by molar-refractivity contribution is 0.112. The third-order valence-electron chi connectivity index (χ3n) is 6.83. The molecule has 4 unspecified atom stereocenters. The van der Waals surface area contributed by atoms with E-state index in [1.54, 1.807) is 13.0 Å². The van der Waals surface area contributed by atoms with Crippen LogP contribution in [0.15, 0.2) is 66.4 Å². The molecular formula is C28H39F2N. The highest BCUT2D eigenvalue weighted by molar-refractivity contribution is 5.37. The molecule has 0 bridgehead atoms. The number of rotatable bonds is 11. The minimum absolute atomic E-state index is 0.00204. The molecule has 0 amide bonds. The summed E-state index contributed by atoms with van der Waals surface area (Å²) in [6.07, 6.45) is 8.28. The number of nitrogens with one attached hydrogen (secondary N) is 1. The molecule has 0 saturated heterocycles. The second-order valence-electron chi connectivity index (χ2n) is 9.55. The van der Waals surface area contributed by atoms with Gasteiger partial charge in [-0.2, -0.15) is 0 Å². The highest BCUT2D eigenvalue weighted by Crippen LogP contribution is 2.51. The zero-order valence-electron chi connectivity index (χ0n) is 20.1. The van der Waals surface area contributed by atoms with Gasteiger partial charge in [0.15, 0.2) is 0 Å². The van der Waals surface area contributed by atoms with Gasteiger partial charge in [0, 0.05) is 17.7 Å². The van der Waals surface area contributed by atoms with Crippen LogP contribution in [0.4, 0.5) is 8.78 Å². The van der Waals surface area contributed by atoms with E-state index >= 15 is 0 Å². The summed E-state index contributed by atoms with van der Waals surface area (Å²) in [5, 5.41) is 3.47. The number of hydrogen-bond acceptors (Lipinski definition) is 1.